The SMILES string of the molecule is CC(C)c1ccc2c(c1)OC1(OC(=O)O)c3ccccc3C(=O)C21OC(=O)O.CCCC. The van der Waals surface area contributed by atoms with E-state index in [-0.39, 0.29) is 28.4 Å². The summed E-state index contributed by atoms with van der Waals surface area (Å²) in [5.41, 5.74) is -1.21. The van der Waals surface area contributed by atoms with Gasteiger partial charge in [-0.1, -0.05) is 76.9 Å². The lowest BCUT2D eigenvalue weighted by atomic mass is 9.85. The molecule has 0 saturated heterocycles. The van der Waals surface area contributed by atoms with Crippen molar-refractivity contribution in [2.24, 2.45) is 0 Å². The number of carbonyl (C=O) groups is 3. The smallest absolute Gasteiger partial charge is 0.450 e. The fourth-order valence-electron chi connectivity index (χ4n) is 3.92. The maximum atomic E-state index is 13.4. The maximum absolute atomic E-state index is 13.4. The first kappa shape index (κ1) is 23.1. The third-order valence-corrected chi connectivity index (χ3v) is 5.59. The topological polar surface area (TPSA) is 119 Å². The van der Waals surface area contributed by atoms with E-state index in [1.54, 1.807) is 24.3 Å². The van der Waals surface area contributed by atoms with Gasteiger partial charge in [-0.2, -0.15) is 0 Å². The van der Waals surface area contributed by atoms with Crippen LogP contribution in [0.5, 0.6) is 5.75 Å². The minimum atomic E-state index is -2.33. The summed E-state index contributed by atoms with van der Waals surface area (Å²) in [6.45, 7) is 8.26. The Balaban J connectivity index is 0.000000668. The number of carboxylic acid groups (broad SMARTS) is 2. The van der Waals surface area contributed by atoms with Crippen LogP contribution in [0.15, 0.2) is 42.5 Å². The zero-order valence-electron chi connectivity index (χ0n) is 18.4. The van der Waals surface area contributed by atoms with E-state index in [1.807, 2.05) is 13.8 Å². The lowest BCUT2D eigenvalue weighted by Gasteiger charge is -2.34. The van der Waals surface area contributed by atoms with E-state index in [2.05, 4.69) is 13.8 Å². The van der Waals surface area contributed by atoms with Crippen molar-refractivity contribution in [1.29, 1.82) is 0 Å². The van der Waals surface area contributed by atoms with Gasteiger partial charge in [0.05, 0.1) is 11.1 Å². The van der Waals surface area contributed by atoms with Crippen LogP contribution in [0.25, 0.3) is 0 Å². The van der Waals surface area contributed by atoms with Crippen LogP contribution in [0.1, 0.15) is 73.5 Å². The predicted molar refractivity (Wildman–Crippen MR) is 114 cm³/mol. The normalized spacial score (nSPS) is 22.1. The third kappa shape index (κ3) is 3.36. The van der Waals surface area contributed by atoms with Crippen molar-refractivity contribution in [3.63, 3.8) is 0 Å². The number of rotatable bonds is 4. The molecule has 2 aromatic rings. The standard InChI is InChI=1S/C20H16O8.C4H10/c1-10(2)11-7-8-14-15(9-11)26-20(28-18(24)25)13-6-4-3-5-12(13)16(21)19(14,20)27-17(22)23;1-3-4-2/h3-10H,1-2H3,(H,22,23)(H,24,25);3-4H2,1-2H3. The van der Waals surface area contributed by atoms with E-state index in [9.17, 15) is 24.6 Å². The molecule has 32 heavy (non-hydrogen) atoms. The number of fused-ring (bicyclic) bond motifs is 5. The fourth-order valence-corrected chi connectivity index (χ4v) is 3.92. The number of ketones is 1. The number of hydrogen-bond donors (Lipinski definition) is 2. The molecule has 2 N–H and O–H groups in total. The van der Waals surface area contributed by atoms with E-state index in [4.69, 9.17) is 14.2 Å². The Kier molecular flexibility index (Phi) is 6.16. The minimum absolute atomic E-state index is 0.0728. The Labute approximate surface area is 185 Å². The molecule has 2 aromatic carbocycles. The molecule has 8 heteroatoms. The van der Waals surface area contributed by atoms with Gasteiger partial charge < -0.3 is 24.4 Å². The lowest BCUT2D eigenvalue weighted by molar-refractivity contribution is -0.233. The van der Waals surface area contributed by atoms with E-state index in [1.165, 1.54) is 31.0 Å². The zero-order chi connectivity index (χ0) is 23.7. The molecule has 4 rings (SSSR count). The highest BCUT2D eigenvalue weighted by molar-refractivity contribution is 6.10. The van der Waals surface area contributed by atoms with Crippen molar-refractivity contribution in [2.75, 3.05) is 0 Å². The molecule has 0 radical (unpaired) electrons. The first-order chi connectivity index (χ1) is 15.1. The fraction of sp³-hybridized carbons (Fsp3) is 0.375. The summed E-state index contributed by atoms with van der Waals surface area (Å²) in [4.78, 5) is 36.5. The highest BCUT2D eigenvalue weighted by Gasteiger charge is 2.77. The lowest BCUT2D eigenvalue weighted by Crippen LogP contribution is -2.54. The summed E-state index contributed by atoms with van der Waals surface area (Å²) >= 11 is 0. The summed E-state index contributed by atoms with van der Waals surface area (Å²) < 4.78 is 16.1. The maximum Gasteiger partial charge on any atom is 0.509 e. The number of unbranched alkanes of at least 4 members (excludes halogenated alkanes) is 1. The van der Waals surface area contributed by atoms with Crippen molar-refractivity contribution in [2.45, 2.75) is 57.8 Å². The average Bonchev–Trinajstić information content (AvgIpc) is 3.11. The molecule has 0 bridgehead atoms. The van der Waals surface area contributed by atoms with Gasteiger partial charge in [-0.25, -0.2) is 9.59 Å². The second-order valence-electron chi connectivity index (χ2n) is 7.92. The van der Waals surface area contributed by atoms with Crippen LogP contribution in [-0.4, -0.2) is 28.3 Å². The van der Waals surface area contributed by atoms with Gasteiger partial charge in [0.2, 0.25) is 5.78 Å². The van der Waals surface area contributed by atoms with E-state index < -0.39 is 29.5 Å². The van der Waals surface area contributed by atoms with Crippen LogP contribution < -0.4 is 4.74 Å². The number of Topliss-reactive ketones (excluding diaryl/α,β-unsaturated/α-hetero) is 1. The number of ether oxygens (including phenoxy) is 3. The van der Waals surface area contributed by atoms with Crippen molar-refractivity contribution < 1.29 is 38.8 Å². The molecule has 170 valence electrons. The largest absolute Gasteiger partial charge is 0.509 e. The van der Waals surface area contributed by atoms with Crippen molar-refractivity contribution in [3.05, 3.63) is 64.7 Å². The molecule has 1 aliphatic carbocycles. The zero-order valence-corrected chi connectivity index (χ0v) is 18.4. The summed E-state index contributed by atoms with van der Waals surface area (Å²) in [5.74, 6) is -2.80. The van der Waals surface area contributed by atoms with Crippen LogP contribution in [0.4, 0.5) is 9.59 Å². The molecule has 0 aromatic heterocycles. The molecule has 2 unspecified atom stereocenters. The second-order valence-corrected chi connectivity index (χ2v) is 7.92. The first-order valence-corrected chi connectivity index (χ1v) is 10.5. The van der Waals surface area contributed by atoms with E-state index >= 15 is 0 Å². The van der Waals surface area contributed by atoms with Gasteiger partial charge >= 0.3 is 18.1 Å². The van der Waals surface area contributed by atoms with Crippen molar-refractivity contribution in [1.82, 2.24) is 0 Å². The highest BCUT2D eigenvalue weighted by atomic mass is 16.8. The number of hydrogen-bond acceptors (Lipinski definition) is 6. The van der Waals surface area contributed by atoms with Crippen LogP contribution in [0.2, 0.25) is 0 Å². The van der Waals surface area contributed by atoms with Crippen molar-refractivity contribution in [3.8, 4) is 5.75 Å². The summed E-state index contributed by atoms with van der Waals surface area (Å²) in [7, 11) is 0. The molecular formula is C24H26O8. The van der Waals surface area contributed by atoms with Gasteiger partial charge in [-0.15, -0.1) is 0 Å². The van der Waals surface area contributed by atoms with E-state index in [0.29, 0.717) is 0 Å². The molecule has 8 nitrogen and oxygen atoms in total. The van der Waals surface area contributed by atoms with E-state index in [0.717, 1.165) is 5.56 Å². The second kappa shape index (κ2) is 8.53. The molecule has 0 saturated carbocycles. The summed E-state index contributed by atoms with van der Waals surface area (Å²) in [6, 6.07) is 10.9. The Morgan fingerprint density at radius 3 is 2.16 bits per heavy atom. The third-order valence-electron chi connectivity index (χ3n) is 5.59. The summed E-state index contributed by atoms with van der Waals surface area (Å²) in [5, 5.41) is 18.8. The molecule has 1 heterocycles. The highest BCUT2D eigenvalue weighted by Crippen LogP contribution is 2.62. The Bertz CT molecular complexity index is 1060. The van der Waals surface area contributed by atoms with Crippen molar-refractivity contribution >= 4 is 18.1 Å². The van der Waals surface area contributed by atoms with Crippen LogP contribution in [0, 0.1) is 0 Å². The van der Waals surface area contributed by atoms with Gasteiger partial charge in [0.15, 0.2) is 0 Å². The molecule has 0 spiro atoms. The number of benzene rings is 2. The predicted octanol–water partition coefficient (Wildman–Crippen LogP) is 5.64. The average molecular weight is 442 g/mol. The van der Waals surface area contributed by atoms with Gasteiger partial charge in [0.1, 0.15) is 5.75 Å². The van der Waals surface area contributed by atoms with Gasteiger partial charge in [0.25, 0.3) is 5.60 Å². The molecular weight excluding hydrogens is 416 g/mol. The summed E-state index contributed by atoms with van der Waals surface area (Å²) in [6.07, 6.45) is -0.858. The Hall–Kier alpha value is -3.55. The van der Waals surface area contributed by atoms with Crippen LogP contribution in [0.3, 0.4) is 0 Å². The Morgan fingerprint density at radius 1 is 0.969 bits per heavy atom. The molecule has 0 fully saturated rings. The van der Waals surface area contributed by atoms with Crippen LogP contribution in [-0.2, 0) is 20.9 Å². The van der Waals surface area contributed by atoms with Gasteiger partial charge in [-0.05, 0) is 17.5 Å². The van der Waals surface area contributed by atoms with Gasteiger partial charge in [0, 0.05) is 5.56 Å². The molecule has 0 amide bonds. The molecule has 2 atom stereocenters. The Morgan fingerprint density at radius 2 is 1.59 bits per heavy atom. The quantitative estimate of drug-likeness (QED) is 0.584. The number of carbonyl (C=O) groups excluding carboxylic acids is 1. The van der Waals surface area contributed by atoms with Crippen LogP contribution >= 0.6 is 0 Å². The first-order valence-electron chi connectivity index (χ1n) is 10.5. The molecule has 2 aliphatic rings. The minimum Gasteiger partial charge on any atom is -0.450 e. The monoisotopic (exact) mass is 442 g/mol. The van der Waals surface area contributed by atoms with Gasteiger partial charge in [-0.3, -0.25) is 4.79 Å². The molecule has 1 aliphatic heterocycles.